The summed E-state index contributed by atoms with van der Waals surface area (Å²) >= 11 is 5.58. The molecule has 34 heavy (non-hydrogen) atoms. The minimum atomic E-state index is 0.0389. The molecule has 0 unspecified atom stereocenters. The zero-order valence-corrected chi connectivity index (χ0v) is 23.1. The van der Waals surface area contributed by atoms with Gasteiger partial charge < -0.3 is 20.1 Å². The Morgan fingerprint density at radius 2 is 1.65 bits per heavy atom. The quantitative estimate of drug-likeness (QED) is 0.192. The van der Waals surface area contributed by atoms with Crippen molar-refractivity contribution < 1.29 is 4.79 Å². The molecule has 1 aromatic heterocycles. The van der Waals surface area contributed by atoms with Crippen molar-refractivity contribution in [3.63, 3.8) is 0 Å². The molecule has 1 aliphatic rings. The Labute approximate surface area is 213 Å². The molecule has 1 aliphatic carbocycles. The van der Waals surface area contributed by atoms with E-state index in [1.165, 1.54) is 45.1 Å². The molecule has 1 saturated carbocycles. The minimum Gasteiger partial charge on any atom is -0.356 e. The first-order chi connectivity index (χ1) is 16.5. The van der Waals surface area contributed by atoms with Crippen molar-refractivity contribution in [1.29, 1.82) is 0 Å². The first-order valence-corrected chi connectivity index (χ1v) is 14.3. The highest BCUT2D eigenvalue weighted by atomic mass is 32.1. The summed E-state index contributed by atoms with van der Waals surface area (Å²) in [5.74, 6) is 1.74. The molecule has 0 spiro atoms. The molecule has 194 valence electrons. The van der Waals surface area contributed by atoms with Crippen LogP contribution in [0.3, 0.4) is 0 Å². The molecule has 0 bridgehead atoms. The van der Waals surface area contributed by atoms with Crippen molar-refractivity contribution in [3.8, 4) is 0 Å². The molecular formula is C27H49N5OS. The number of rotatable bonds is 16. The lowest BCUT2D eigenvalue weighted by atomic mass is 9.94. The van der Waals surface area contributed by atoms with Crippen LogP contribution in [-0.4, -0.2) is 53.0 Å². The lowest BCUT2D eigenvalue weighted by Crippen LogP contribution is -2.38. The van der Waals surface area contributed by atoms with Crippen LogP contribution in [0.5, 0.6) is 0 Å². The maximum absolute atomic E-state index is 12.9. The van der Waals surface area contributed by atoms with E-state index in [1.807, 2.05) is 6.92 Å². The first-order valence-electron chi connectivity index (χ1n) is 13.9. The average Bonchev–Trinajstić information content (AvgIpc) is 2.83. The second-order valence-corrected chi connectivity index (χ2v) is 10.3. The van der Waals surface area contributed by atoms with Gasteiger partial charge in [-0.25, -0.2) is 4.98 Å². The summed E-state index contributed by atoms with van der Waals surface area (Å²) in [6, 6.07) is 0.749. The smallest absolute Gasteiger partial charge is 0.224 e. The van der Waals surface area contributed by atoms with E-state index in [2.05, 4.69) is 45.9 Å². The fourth-order valence-corrected chi connectivity index (χ4v) is 5.25. The van der Waals surface area contributed by atoms with E-state index in [0.717, 1.165) is 75.8 Å². The molecule has 1 heterocycles. The minimum absolute atomic E-state index is 0.0389. The summed E-state index contributed by atoms with van der Waals surface area (Å²) in [4.78, 5) is 25.7. The Balaban J connectivity index is 1.96. The number of carbonyl (C=O) groups is 1. The van der Waals surface area contributed by atoms with Crippen molar-refractivity contribution in [2.75, 3.05) is 36.4 Å². The average molecular weight is 492 g/mol. The number of anilines is 2. The number of hydrogen-bond acceptors (Lipinski definition) is 5. The van der Waals surface area contributed by atoms with E-state index >= 15 is 0 Å². The number of unbranched alkanes of at least 4 members (excludes halogenated alkanes) is 3. The fraction of sp³-hybridized carbons (Fsp3) is 0.815. The van der Waals surface area contributed by atoms with Crippen molar-refractivity contribution >= 4 is 29.6 Å². The number of aromatic amines is 1. The lowest BCUT2D eigenvalue weighted by molar-refractivity contribution is -0.116. The highest BCUT2D eigenvalue weighted by molar-refractivity contribution is 7.71. The maximum Gasteiger partial charge on any atom is 0.224 e. The predicted octanol–water partition coefficient (Wildman–Crippen LogP) is 7.01. The summed E-state index contributed by atoms with van der Waals surface area (Å²) in [6.07, 6.45) is 15.0. The molecule has 6 nitrogen and oxygen atoms in total. The second kappa shape index (κ2) is 16.2. The topological polar surface area (TPSA) is 64.3 Å². The third kappa shape index (κ3) is 9.65. The number of hydrogen-bond donors (Lipinski definition) is 2. The number of nitrogens with zero attached hydrogens (tertiary/aromatic N) is 3. The Morgan fingerprint density at radius 1 is 0.971 bits per heavy atom. The number of H-pyrrole nitrogens is 1. The molecule has 1 amide bonds. The number of nitrogens with one attached hydrogen (secondary N) is 2. The normalized spacial score (nSPS) is 14.5. The molecule has 0 saturated heterocycles. The van der Waals surface area contributed by atoms with Gasteiger partial charge in [0.1, 0.15) is 17.3 Å². The van der Waals surface area contributed by atoms with E-state index in [0.29, 0.717) is 16.7 Å². The van der Waals surface area contributed by atoms with E-state index in [1.54, 1.807) is 0 Å². The van der Waals surface area contributed by atoms with Gasteiger partial charge in [0, 0.05) is 25.6 Å². The van der Waals surface area contributed by atoms with Gasteiger partial charge in [-0.1, -0.05) is 65.1 Å². The molecule has 2 N–H and O–H groups in total. The third-order valence-corrected chi connectivity index (χ3v) is 7.16. The first kappa shape index (κ1) is 28.8. The number of carbonyl (C=O) groups excluding carboxylic acids is 1. The lowest BCUT2D eigenvalue weighted by Gasteiger charge is -2.34. The Morgan fingerprint density at radius 3 is 2.26 bits per heavy atom. The highest BCUT2D eigenvalue weighted by Gasteiger charge is 2.20. The van der Waals surface area contributed by atoms with Crippen LogP contribution in [0.2, 0.25) is 0 Å². The number of aromatic nitrogens is 2. The Hall–Kier alpha value is -1.47. The van der Waals surface area contributed by atoms with Gasteiger partial charge in [0.25, 0.3) is 0 Å². The largest absolute Gasteiger partial charge is 0.356 e. The summed E-state index contributed by atoms with van der Waals surface area (Å²) in [7, 11) is 0. The van der Waals surface area contributed by atoms with Crippen LogP contribution in [0.15, 0.2) is 0 Å². The Bertz CT molecular complexity index is 767. The molecule has 0 aromatic carbocycles. The van der Waals surface area contributed by atoms with Gasteiger partial charge in [-0.05, 0) is 65.0 Å². The summed E-state index contributed by atoms with van der Waals surface area (Å²) in [5.41, 5.74) is 0.674. The van der Waals surface area contributed by atoms with Crippen LogP contribution in [0.25, 0.3) is 0 Å². The van der Waals surface area contributed by atoms with Gasteiger partial charge in [-0.3, -0.25) is 4.79 Å². The number of aryl methyl sites for hydroxylation is 1. The van der Waals surface area contributed by atoms with Gasteiger partial charge >= 0.3 is 0 Å². The SMILES string of the molecule is CCCCN(CCCC)c1[nH]c(C)nc(=S)c1NC(=O)CCCCN(CCC)C1CCCCC1. The van der Waals surface area contributed by atoms with Gasteiger partial charge in [0.2, 0.25) is 5.91 Å². The Kier molecular flexibility index (Phi) is 13.7. The molecule has 1 aromatic rings. The van der Waals surface area contributed by atoms with Crippen LogP contribution < -0.4 is 10.2 Å². The zero-order chi connectivity index (χ0) is 24.8. The van der Waals surface area contributed by atoms with Crippen molar-refractivity contribution in [2.45, 2.75) is 117 Å². The monoisotopic (exact) mass is 491 g/mol. The van der Waals surface area contributed by atoms with E-state index < -0.39 is 0 Å². The van der Waals surface area contributed by atoms with Crippen LogP contribution in [0.4, 0.5) is 11.5 Å². The molecule has 7 heteroatoms. The highest BCUT2D eigenvalue weighted by Crippen LogP contribution is 2.26. The summed E-state index contributed by atoms with van der Waals surface area (Å²) < 4.78 is 0.476. The zero-order valence-electron chi connectivity index (χ0n) is 22.3. The molecule has 2 rings (SSSR count). The standard InChI is InChI=1S/C27H49N5OS/c1-5-8-19-32(20-9-6-2)26-25(27(34)29-22(4)28-26)30-24(33)17-13-14-21-31(18-7-3)23-15-11-10-12-16-23/h23H,5-21H2,1-4H3,(H,30,33)(H,28,29,34). The van der Waals surface area contributed by atoms with Gasteiger partial charge in [0.05, 0.1) is 0 Å². The molecular weight excluding hydrogens is 442 g/mol. The summed E-state index contributed by atoms with van der Waals surface area (Å²) in [6.45, 7) is 12.8. The van der Waals surface area contributed by atoms with Gasteiger partial charge in [0.15, 0.2) is 4.64 Å². The van der Waals surface area contributed by atoms with Crippen LogP contribution in [0, 0.1) is 11.6 Å². The fourth-order valence-electron chi connectivity index (χ4n) is 4.97. The summed E-state index contributed by atoms with van der Waals surface area (Å²) in [5, 5.41) is 3.12. The number of amides is 1. The van der Waals surface area contributed by atoms with Gasteiger partial charge in [-0.2, -0.15) is 0 Å². The van der Waals surface area contributed by atoms with Gasteiger partial charge in [-0.15, -0.1) is 0 Å². The molecule has 0 aliphatic heterocycles. The molecule has 1 fully saturated rings. The van der Waals surface area contributed by atoms with Crippen molar-refractivity contribution in [3.05, 3.63) is 10.5 Å². The third-order valence-electron chi connectivity index (χ3n) is 6.86. The molecule has 0 atom stereocenters. The second-order valence-electron chi connectivity index (χ2n) is 9.88. The van der Waals surface area contributed by atoms with E-state index in [4.69, 9.17) is 12.2 Å². The predicted molar refractivity (Wildman–Crippen MR) is 147 cm³/mol. The van der Waals surface area contributed by atoms with Crippen molar-refractivity contribution in [2.24, 2.45) is 0 Å². The maximum atomic E-state index is 12.9. The van der Waals surface area contributed by atoms with Crippen LogP contribution >= 0.6 is 12.2 Å². The van der Waals surface area contributed by atoms with Crippen LogP contribution in [0.1, 0.15) is 110 Å². The van der Waals surface area contributed by atoms with E-state index in [-0.39, 0.29) is 5.91 Å². The van der Waals surface area contributed by atoms with E-state index in [9.17, 15) is 4.79 Å². The van der Waals surface area contributed by atoms with Crippen molar-refractivity contribution in [1.82, 2.24) is 14.9 Å². The molecule has 0 radical (unpaired) electrons. The van der Waals surface area contributed by atoms with Crippen LogP contribution in [-0.2, 0) is 4.79 Å².